The zero-order valence-electron chi connectivity index (χ0n) is 14.2. The van der Waals surface area contributed by atoms with Gasteiger partial charge in [0.25, 0.3) is 5.69 Å². The molecule has 0 fully saturated rings. The minimum atomic E-state index is -0.521. The van der Waals surface area contributed by atoms with Crippen molar-refractivity contribution < 1.29 is 18.6 Å². The van der Waals surface area contributed by atoms with Crippen LogP contribution in [0.15, 0.2) is 65.2 Å². The van der Waals surface area contributed by atoms with Crippen molar-refractivity contribution in [2.45, 2.75) is 6.92 Å². The van der Waals surface area contributed by atoms with Crippen molar-refractivity contribution in [1.29, 1.82) is 0 Å². The lowest BCUT2D eigenvalue weighted by Crippen LogP contribution is -1.94. The van der Waals surface area contributed by atoms with Crippen LogP contribution in [0.1, 0.15) is 5.69 Å². The van der Waals surface area contributed by atoms with Crippen molar-refractivity contribution in [3.8, 4) is 22.6 Å². The average molecular weight is 364 g/mol. The van der Waals surface area contributed by atoms with Crippen molar-refractivity contribution in [2.24, 2.45) is 0 Å². The van der Waals surface area contributed by atoms with Gasteiger partial charge in [0.2, 0.25) is 0 Å². The minimum Gasteiger partial charge on any atom is -0.454 e. The van der Waals surface area contributed by atoms with E-state index in [0.717, 1.165) is 5.39 Å². The smallest absolute Gasteiger partial charge is 0.270 e. The molecule has 0 saturated heterocycles. The van der Waals surface area contributed by atoms with Gasteiger partial charge in [-0.15, -0.1) is 0 Å². The van der Waals surface area contributed by atoms with E-state index in [1.807, 2.05) is 6.07 Å². The Balaban J connectivity index is 1.87. The Morgan fingerprint density at radius 2 is 1.89 bits per heavy atom. The molecule has 4 aromatic rings. The number of nitrogens with zero attached hydrogens (tertiary/aromatic N) is 2. The fraction of sp³-hybridized carbons (Fsp3) is 0.0500. The minimum absolute atomic E-state index is 0.0369. The van der Waals surface area contributed by atoms with Gasteiger partial charge in [-0.05, 0) is 42.8 Å². The third kappa shape index (κ3) is 3.10. The van der Waals surface area contributed by atoms with Crippen molar-refractivity contribution in [2.75, 3.05) is 0 Å². The number of para-hydroxylation sites is 1. The van der Waals surface area contributed by atoms with Gasteiger partial charge in [-0.2, -0.15) is 0 Å². The van der Waals surface area contributed by atoms with E-state index < -0.39 is 10.7 Å². The number of nitro benzene ring substituents is 1. The number of halogens is 1. The highest BCUT2D eigenvalue weighted by Crippen LogP contribution is 2.38. The normalized spacial score (nSPS) is 10.9. The predicted octanol–water partition coefficient (Wildman–Crippen LogP) is 5.64. The average Bonchev–Trinajstić information content (AvgIpc) is 3.04. The third-order valence-corrected chi connectivity index (χ3v) is 4.19. The van der Waals surface area contributed by atoms with E-state index in [0.29, 0.717) is 28.2 Å². The van der Waals surface area contributed by atoms with Gasteiger partial charge in [0.05, 0.1) is 10.6 Å². The molecule has 1 aromatic heterocycles. The SMILES string of the molecule is Cc1noc2ccc(-c3cc([N+](=O)[O-])ccc3Oc3ccccc3F)cc12. The second-order valence-corrected chi connectivity index (χ2v) is 5.95. The first-order valence-electron chi connectivity index (χ1n) is 8.10. The standard InChI is InChI=1S/C20H13FN2O4/c1-12-15-10-13(6-8-19(15)27-22-12)16-11-14(23(24)25)7-9-18(16)26-20-5-3-2-4-17(20)21/h2-11H,1H3. The lowest BCUT2D eigenvalue weighted by molar-refractivity contribution is -0.384. The predicted molar refractivity (Wildman–Crippen MR) is 97.3 cm³/mol. The Morgan fingerprint density at radius 1 is 1.07 bits per heavy atom. The van der Waals surface area contributed by atoms with Gasteiger partial charge in [0.1, 0.15) is 5.75 Å². The van der Waals surface area contributed by atoms with E-state index in [1.165, 1.54) is 30.3 Å². The summed E-state index contributed by atoms with van der Waals surface area (Å²) in [6.45, 7) is 1.81. The molecule has 0 aliphatic heterocycles. The first-order valence-corrected chi connectivity index (χ1v) is 8.10. The molecule has 0 atom stereocenters. The molecular weight excluding hydrogens is 351 g/mol. The molecule has 27 heavy (non-hydrogen) atoms. The molecule has 6 nitrogen and oxygen atoms in total. The fourth-order valence-corrected chi connectivity index (χ4v) is 2.82. The summed E-state index contributed by atoms with van der Waals surface area (Å²) in [5.74, 6) is -0.180. The number of nitro groups is 1. The van der Waals surface area contributed by atoms with Crippen molar-refractivity contribution in [1.82, 2.24) is 5.16 Å². The van der Waals surface area contributed by atoms with E-state index in [1.54, 1.807) is 31.2 Å². The zero-order valence-corrected chi connectivity index (χ0v) is 14.2. The Labute approximate surface area is 152 Å². The van der Waals surface area contributed by atoms with Gasteiger partial charge in [-0.25, -0.2) is 4.39 Å². The monoisotopic (exact) mass is 364 g/mol. The Kier molecular flexibility index (Phi) is 4.04. The summed E-state index contributed by atoms with van der Waals surface area (Å²) in [5, 5.41) is 15.9. The molecule has 0 saturated carbocycles. The summed E-state index contributed by atoms with van der Waals surface area (Å²) in [5.41, 5.74) is 2.36. The van der Waals surface area contributed by atoms with Crippen LogP contribution in [0.4, 0.5) is 10.1 Å². The topological polar surface area (TPSA) is 78.4 Å². The van der Waals surface area contributed by atoms with Crippen LogP contribution >= 0.6 is 0 Å². The molecule has 0 aliphatic carbocycles. The lowest BCUT2D eigenvalue weighted by Gasteiger charge is -2.12. The van der Waals surface area contributed by atoms with Crippen molar-refractivity contribution >= 4 is 16.7 Å². The molecule has 4 rings (SSSR count). The van der Waals surface area contributed by atoms with E-state index in [9.17, 15) is 14.5 Å². The highest BCUT2D eigenvalue weighted by Gasteiger charge is 2.17. The number of aromatic nitrogens is 1. The number of non-ortho nitro benzene ring substituents is 1. The maximum atomic E-state index is 14.0. The summed E-state index contributed by atoms with van der Waals surface area (Å²) in [6, 6.07) is 15.5. The van der Waals surface area contributed by atoms with Gasteiger partial charge in [-0.3, -0.25) is 10.1 Å². The molecule has 7 heteroatoms. The van der Waals surface area contributed by atoms with Gasteiger partial charge in [0.15, 0.2) is 17.1 Å². The van der Waals surface area contributed by atoms with Crippen LogP contribution in [0.5, 0.6) is 11.5 Å². The van der Waals surface area contributed by atoms with Gasteiger partial charge in [0, 0.05) is 23.1 Å². The Bertz CT molecular complexity index is 1170. The summed E-state index contributed by atoms with van der Waals surface area (Å²) in [7, 11) is 0. The molecule has 0 amide bonds. The molecule has 0 spiro atoms. The maximum Gasteiger partial charge on any atom is 0.270 e. The number of benzene rings is 3. The molecular formula is C20H13FN2O4. The first-order chi connectivity index (χ1) is 13.0. The van der Waals surface area contributed by atoms with Crippen molar-refractivity contribution in [3.05, 3.63) is 82.3 Å². The van der Waals surface area contributed by atoms with Crippen LogP contribution in [-0.2, 0) is 0 Å². The first kappa shape index (κ1) is 16.7. The Morgan fingerprint density at radius 3 is 2.67 bits per heavy atom. The number of hydrogen-bond donors (Lipinski definition) is 0. The van der Waals surface area contributed by atoms with Crippen LogP contribution in [0.25, 0.3) is 22.1 Å². The summed E-state index contributed by atoms with van der Waals surface area (Å²) < 4.78 is 24.9. The molecule has 0 unspecified atom stereocenters. The summed E-state index contributed by atoms with van der Waals surface area (Å²) >= 11 is 0. The van der Waals surface area contributed by atoms with E-state index >= 15 is 0 Å². The molecule has 134 valence electrons. The fourth-order valence-electron chi connectivity index (χ4n) is 2.82. The number of rotatable bonds is 4. The number of aryl methyl sites for hydroxylation is 1. The van der Waals surface area contributed by atoms with E-state index in [4.69, 9.17) is 9.26 Å². The van der Waals surface area contributed by atoms with Crippen molar-refractivity contribution in [3.63, 3.8) is 0 Å². The summed E-state index contributed by atoms with van der Waals surface area (Å²) in [4.78, 5) is 10.7. The van der Waals surface area contributed by atoms with Crippen LogP contribution < -0.4 is 4.74 Å². The molecule has 1 heterocycles. The highest BCUT2D eigenvalue weighted by atomic mass is 19.1. The molecule has 0 bridgehead atoms. The summed E-state index contributed by atoms with van der Waals surface area (Å²) in [6.07, 6.45) is 0. The Hall–Kier alpha value is -3.74. The quantitative estimate of drug-likeness (QED) is 0.346. The third-order valence-electron chi connectivity index (χ3n) is 4.19. The van der Waals surface area contributed by atoms with Crippen LogP contribution in [0, 0.1) is 22.9 Å². The highest BCUT2D eigenvalue weighted by molar-refractivity contribution is 5.86. The zero-order chi connectivity index (χ0) is 19.0. The second-order valence-electron chi connectivity index (χ2n) is 5.95. The van der Waals surface area contributed by atoms with E-state index in [-0.39, 0.29) is 11.4 Å². The van der Waals surface area contributed by atoms with Gasteiger partial charge in [-0.1, -0.05) is 23.4 Å². The molecule has 3 aromatic carbocycles. The van der Waals surface area contributed by atoms with Crippen LogP contribution in [0.2, 0.25) is 0 Å². The van der Waals surface area contributed by atoms with Gasteiger partial charge >= 0.3 is 0 Å². The molecule has 0 N–H and O–H groups in total. The molecule has 0 radical (unpaired) electrons. The second kappa shape index (κ2) is 6.53. The lowest BCUT2D eigenvalue weighted by atomic mass is 10.0. The number of hydrogen-bond acceptors (Lipinski definition) is 5. The van der Waals surface area contributed by atoms with Crippen LogP contribution in [-0.4, -0.2) is 10.1 Å². The number of fused-ring (bicyclic) bond motifs is 1. The van der Waals surface area contributed by atoms with Crippen LogP contribution in [0.3, 0.4) is 0 Å². The van der Waals surface area contributed by atoms with E-state index in [2.05, 4.69) is 5.16 Å². The molecule has 0 aliphatic rings. The van der Waals surface area contributed by atoms with Gasteiger partial charge < -0.3 is 9.26 Å². The maximum absolute atomic E-state index is 14.0. The number of ether oxygens (including phenoxy) is 1. The largest absolute Gasteiger partial charge is 0.454 e.